The Hall–Kier alpha value is -3.05. The summed E-state index contributed by atoms with van der Waals surface area (Å²) in [4.78, 5) is 13.5. The number of allylic oxidation sites excluding steroid dienone is 1. The Morgan fingerprint density at radius 1 is 0.871 bits per heavy atom. The number of Topliss-reactive ketones (excluding diaryl/α,β-unsaturated/α-hetero) is 1. The number of para-hydroxylation sites is 2. The third-order valence-electron chi connectivity index (χ3n) is 6.10. The molecular formula is C26H23BrN2O2. The Labute approximate surface area is 190 Å². The number of methoxy groups -OCH3 is 1. The maximum absolute atomic E-state index is 13.5. The van der Waals surface area contributed by atoms with Crippen molar-refractivity contribution in [2.24, 2.45) is 0 Å². The van der Waals surface area contributed by atoms with Crippen LogP contribution >= 0.6 is 15.9 Å². The fourth-order valence-corrected chi connectivity index (χ4v) is 4.77. The van der Waals surface area contributed by atoms with E-state index in [2.05, 4.69) is 63.0 Å². The number of fused-ring (bicyclic) bond motifs is 1. The smallest absolute Gasteiger partial charge is 0.163 e. The fourth-order valence-electron chi connectivity index (χ4n) is 4.51. The lowest BCUT2D eigenvalue weighted by Crippen LogP contribution is -2.26. The van der Waals surface area contributed by atoms with Crippen LogP contribution in [0.5, 0.6) is 5.75 Å². The molecule has 5 heteroatoms. The molecule has 1 heterocycles. The average molecular weight is 475 g/mol. The van der Waals surface area contributed by atoms with E-state index < -0.39 is 0 Å². The molecule has 0 amide bonds. The molecule has 0 saturated carbocycles. The number of hydrogen-bond acceptors (Lipinski definition) is 4. The average Bonchev–Trinajstić information content (AvgIpc) is 2.96. The summed E-state index contributed by atoms with van der Waals surface area (Å²) in [6, 6.07) is 24.2. The summed E-state index contributed by atoms with van der Waals surface area (Å²) in [5.41, 5.74) is 6.07. The van der Waals surface area contributed by atoms with Gasteiger partial charge in [-0.1, -0.05) is 52.3 Å². The summed E-state index contributed by atoms with van der Waals surface area (Å²) < 4.78 is 6.31. The second kappa shape index (κ2) is 8.23. The van der Waals surface area contributed by atoms with Gasteiger partial charge in [-0.3, -0.25) is 4.79 Å². The van der Waals surface area contributed by atoms with Gasteiger partial charge in [-0.25, -0.2) is 0 Å². The van der Waals surface area contributed by atoms with E-state index in [1.807, 2.05) is 36.4 Å². The van der Waals surface area contributed by atoms with E-state index in [-0.39, 0.29) is 17.7 Å². The van der Waals surface area contributed by atoms with E-state index in [4.69, 9.17) is 4.74 Å². The van der Waals surface area contributed by atoms with Crippen LogP contribution in [-0.4, -0.2) is 12.9 Å². The molecule has 5 rings (SSSR count). The molecule has 1 aliphatic heterocycles. The Bertz CT molecular complexity index is 1150. The second-order valence-corrected chi connectivity index (χ2v) is 8.91. The Kier molecular flexibility index (Phi) is 5.28. The number of anilines is 2. The Balaban J connectivity index is 1.57. The van der Waals surface area contributed by atoms with Gasteiger partial charge in [0, 0.05) is 22.2 Å². The number of ether oxygens (including phenoxy) is 1. The Morgan fingerprint density at radius 2 is 1.55 bits per heavy atom. The van der Waals surface area contributed by atoms with Gasteiger partial charge in [0.1, 0.15) is 5.75 Å². The van der Waals surface area contributed by atoms with Crippen LogP contribution in [0, 0.1) is 0 Å². The van der Waals surface area contributed by atoms with Crippen molar-refractivity contribution in [2.45, 2.75) is 24.8 Å². The molecule has 0 bridgehead atoms. The van der Waals surface area contributed by atoms with Gasteiger partial charge in [-0.05, 0) is 59.9 Å². The number of carbonyl (C=O) groups is 1. The Morgan fingerprint density at radius 3 is 2.26 bits per heavy atom. The molecule has 156 valence electrons. The lowest BCUT2D eigenvalue weighted by molar-refractivity contribution is -0.116. The molecule has 1 aliphatic carbocycles. The third-order valence-corrected chi connectivity index (χ3v) is 6.63. The van der Waals surface area contributed by atoms with E-state index in [1.165, 1.54) is 0 Å². The molecule has 0 aromatic heterocycles. The predicted octanol–water partition coefficient (Wildman–Crippen LogP) is 6.44. The highest BCUT2D eigenvalue weighted by Gasteiger charge is 2.36. The number of nitrogens with one attached hydrogen (secondary N) is 2. The van der Waals surface area contributed by atoms with Crippen LogP contribution in [0.3, 0.4) is 0 Å². The van der Waals surface area contributed by atoms with E-state index in [0.717, 1.165) is 50.4 Å². The minimum absolute atomic E-state index is 0.139. The van der Waals surface area contributed by atoms with Gasteiger partial charge in [0.2, 0.25) is 0 Å². The molecule has 2 unspecified atom stereocenters. The van der Waals surface area contributed by atoms with Gasteiger partial charge >= 0.3 is 0 Å². The summed E-state index contributed by atoms with van der Waals surface area (Å²) in [5.74, 6) is 1.15. The van der Waals surface area contributed by atoms with Crippen LogP contribution in [-0.2, 0) is 4.79 Å². The highest BCUT2D eigenvalue weighted by molar-refractivity contribution is 9.10. The molecular weight excluding hydrogens is 452 g/mol. The molecule has 2 N–H and O–H groups in total. The molecule has 2 atom stereocenters. The van der Waals surface area contributed by atoms with E-state index in [0.29, 0.717) is 6.42 Å². The highest BCUT2D eigenvalue weighted by Crippen LogP contribution is 2.44. The van der Waals surface area contributed by atoms with Crippen LogP contribution < -0.4 is 15.4 Å². The molecule has 3 aromatic carbocycles. The molecule has 31 heavy (non-hydrogen) atoms. The zero-order valence-electron chi connectivity index (χ0n) is 17.2. The molecule has 4 nitrogen and oxygen atoms in total. The van der Waals surface area contributed by atoms with Crippen LogP contribution in [0.2, 0.25) is 0 Å². The number of benzene rings is 3. The van der Waals surface area contributed by atoms with Gasteiger partial charge < -0.3 is 15.4 Å². The zero-order valence-corrected chi connectivity index (χ0v) is 18.8. The second-order valence-electron chi connectivity index (χ2n) is 7.99. The first-order valence-corrected chi connectivity index (χ1v) is 11.2. The van der Waals surface area contributed by atoms with Gasteiger partial charge in [0.25, 0.3) is 0 Å². The van der Waals surface area contributed by atoms with Crippen molar-refractivity contribution in [3.8, 4) is 5.75 Å². The molecule has 0 fully saturated rings. The van der Waals surface area contributed by atoms with E-state index in [9.17, 15) is 4.79 Å². The van der Waals surface area contributed by atoms with Crippen molar-refractivity contribution in [3.63, 3.8) is 0 Å². The summed E-state index contributed by atoms with van der Waals surface area (Å²) >= 11 is 3.51. The van der Waals surface area contributed by atoms with E-state index >= 15 is 0 Å². The lowest BCUT2D eigenvalue weighted by Gasteiger charge is -2.30. The third kappa shape index (κ3) is 3.86. The standard InChI is InChI=1S/C26H23BrN2O2/c1-31-20-12-8-16(9-13-20)18-14-23-25(24(30)15-18)26(17-6-10-19(27)11-7-17)29-22-5-3-2-4-21(22)28-23/h2-13,18,26,28-29H,14-15H2,1H3. The number of carbonyl (C=O) groups excluding carboxylic acids is 1. The molecule has 0 radical (unpaired) electrons. The SMILES string of the molecule is COc1ccc(C2CC(=O)C3=C(C2)Nc2ccccc2NC3c2ccc(Br)cc2)cc1. The topological polar surface area (TPSA) is 50.4 Å². The quantitative estimate of drug-likeness (QED) is 0.458. The minimum atomic E-state index is -0.191. The van der Waals surface area contributed by atoms with Gasteiger partial charge in [0.05, 0.1) is 24.5 Å². The minimum Gasteiger partial charge on any atom is -0.497 e. The van der Waals surface area contributed by atoms with Crippen LogP contribution in [0.15, 0.2) is 88.5 Å². The maximum Gasteiger partial charge on any atom is 0.163 e. The molecule has 0 spiro atoms. The monoisotopic (exact) mass is 474 g/mol. The van der Waals surface area contributed by atoms with Crippen molar-refractivity contribution in [1.82, 2.24) is 0 Å². The molecule has 3 aromatic rings. The largest absolute Gasteiger partial charge is 0.497 e. The highest BCUT2D eigenvalue weighted by atomic mass is 79.9. The number of hydrogen-bond donors (Lipinski definition) is 2. The van der Waals surface area contributed by atoms with Crippen molar-refractivity contribution < 1.29 is 9.53 Å². The van der Waals surface area contributed by atoms with Crippen molar-refractivity contribution in [1.29, 1.82) is 0 Å². The van der Waals surface area contributed by atoms with Gasteiger partial charge in [0.15, 0.2) is 5.78 Å². The van der Waals surface area contributed by atoms with Crippen LogP contribution in [0.25, 0.3) is 0 Å². The first kappa shape index (κ1) is 19.9. The van der Waals surface area contributed by atoms with Crippen molar-refractivity contribution >= 4 is 33.1 Å². The number of halogens is 1. The van der Waals surface area contributed by atoms with Crippen molar-refractivity contribution in [3.05, 3.63) is 99.7 Å². The maximum atomic E-state index is 13.5. The van der Waals surface area contributed by atoms with Crippen molar-refractivity contribution in [2.75, 3.05) is 17.7 Å². The number of ketones is 1. The lowest BCUT2D eigenvalue weighted by atomic mass is 9.78. The molecule has 2 aliphatic rings. The fraction of sp³-hybridized carbons (Fsp3) is 0.192. The molecule has 0 saturated heterocycles. The van der Waals surface area contributed by atoms with Gasteiger partial charge in [-0.15, -0.1) is 0 Å². The van der Waals surface area contributed by atoms with Crippen LogP contribution in [0.1, 0.15) is 35.9 Å². The first-order valence-electron chi connectivity index (χ1n) is 10.4. The summed E-state index contributed by atoms with van der Waals surface area (Å²) in [6.07, 6.45) is 1.29. The number of rotatable bonds is 3. The summed E-state index contributed by atoms with van der Waals surface area (Å²) in [5, 5.41) is 7.21. The van der Waals surface area contributed by atoms with Gasteiger partial charge in [-0.2, -0.15) is 0 Å². The summed E-state index contributed by atoms with van der Waals surface area (Å²) in [6.45, 7) is 0. The first-order chi connectivity index (χ1) is 15.1. The van der Waals surface area contributed by atoms with Crippen LogP contribution in [0.4, 0.5) is 11.4 Å². The zero-order chi connectivity index (χ0) is 21.4. The predicted molar refractivity (Wildman–Crippen MR) is 128 cm³/mol. The normalized spacial score (nSPS) is 20.1. The van der Waals surface area contributed by atoms with E-state index in [1.54, 1.807) is 7.11 Å². The summed E-state index contributed by atoms with van der Waals surface area (Å²) in [7, 11) is 1.67.